The molecule has 0 bridgehead atoms. The van der Waals surface area contributed by atoms with Crippen LogP contribution in [0.2, 0.25) is 5.02 Å². The molecular weight excluding hydrogens is 324 g/mol. The molecule has 134 valence electrons. The number of hydrogen-bond donors (Lipinski definition) is 2. The lowest BCUT2D eigenvalue weighted by molar-refractivity contribution is -0.126. The first-order valence-corrected chi connectivity index (χ1v) is 9.10. The number of nitrogens with two attached hydrogens (primary N) is 1. The lowest BCUT2D eigenvalue weighted by Gasteiger charge is -2.36. The smallest absolute Gasteiger partial charge is 0.239 e. The van der Waals surface area contributed by atoms with Gasteiger partial charge in [-0.1, -0.05) is 31.0 Å². The van der Waals surface area contributed by atoms with E-state index in [-0.39, 0.29) is 5.91 Å². The molecule has 0 aliphatic carbocycles. The third-order valence-corrected chi connectivity index (χ3v) is 4.78. The van der Waals surface area contributed by atoms with Crippen LogP contribution in [0.1, 0.15) is 26.7 Å². The number of amides is 1. The van der Waals surface area contributed by atoms with E-state index < -0.39 is 5.54 Å². The maximum Gasteiger partial charge on any atom is 0.239 e. The summed E-state index contributed by atoms with van der Waals surface area (Å²) in [7, 11) is 0. The zero-order chi connectivity index (χ0) is 17.6. The zero-order valence-corrected chi connectivity index (χ0v) is 15.5. The highest BCUT2D eigenvalue weighted by Crippen LogP contribution is 2.20. The number of nitrogens with zero attached hydrogens (tertiary/aromatic N) is 2. The molecule has 1 fully saturated rings. The van der Waals surface area contributed by atoms with E-state index in [1.54, 1.807) is 6.92 Å². The Hall–Kier alpha value is -1.30. The molecule has 1 saturated heterocycles. The highest BCUT2D eigenvalue weighted by molar-refractivity contribution is 6.30. The molecule has 1 aliphatic rings. The van der Waals surface area contributed by atoms with Crippen molar-refractivity contribution < 1.29 is 4.79 Å². The average Bonchev–Trinajstić information content (AvgIpc) is 2.55. The van der Waals surface area contributed by atoms with Crippen LogP contribution in [0, 0.1) is 0 Å². The molecule has 1 atom stereocenters. The Kier molecular flexibility index (Phi) is 6.90. The van der Waals surface area contributed by atoms with Crippen molar-refractivity contribution in [2.45, 2.75) is 32.2 Å². The van der Waals surface area contributed by atoms with Crippen LogP contribution >= 0.6 is 11.6 Å². The van der Waals surface area contributed by atoms with Crippen molar-refractivity contribution in [1.82, 2.24) is 10.2 Å². The first-order valence-electron chi connectivity index (χ1n) is 8.72. The standard InChI is InChI=1S/C18H29ClN4O/c1-3-7-18(2,20)17(24)21-8-9-22-10-12-23(13-11-22)16-6-4-5-15(19)14-16/h4-6,14H,3,7-13,20H2,1-2H3,(H,21,24). The minimum absolute atomic E-state index is 0.0538. The fourth-order valence-corrected chi connectivity index (χ4v) is 3.25. The third-order valence-electron chi connectivity index (χ3n) is 4.55. The monoisotopic (exact) mass is 352 g/mol. The van der Waals surface area contributed by atoms with Gasteiger partial charge in [0, 0.05) is 50.0 Å². The van der Waals surface area contributed by atoms with Gasteiger partial charge in [0.2, 0.25) is 5.91 Å². The van der Waals surface area contributed by atoms with Crippen molar-refractivity contribution in [3.63, 3.8) is 0 Å². The quantitative estimate of drug-likeness (QED) is 0.788. The summed E-state index contributed by atoms with van der Waals surface area (Å²) in [4.78, 5) is 16.8. The van der Waals surface area contributed by atoms with Crippen LogP contribution in [-0.2, 0) is 4.79 Å². The molecule has 0 aromatic heterocycles. The summed E-state index contributed by atoms with van der Waals surface area (Å²) in [5.41, 5.74) is 6.45. The van der Waals surface area contributed by atoms with Gasteiger partial charge in [-0.05, 0) is 31.5 Å². The number of carbonyl (C=O) groups excluding carboxylic acids is 1. The summed E-state index contributed by atoms with van der Waals surface area (Å²) < 4.78 is 0. The van der Waals surface area contributed by atoms with Crippen molar-refractivity contribution >= 4 is 23.2 Å². The Balaban J connectivity index is 1.71. The SMILES string of the molecule is CCCC(C)(N)C(=O)NCCN1CCN(c2cccc(Cl)c2)CC1. The van der Waals surface area contributed by atoms with E-state index in [1.807, 2.05) is 25.1 Å². The van der Waals surface area contributed by atoms with Crippen LogP contribution in [0.15, 0.2) is 24.3 Å². The number of benzene rings is 1. The Labute approximate surface area is 150 Å². The molecule has 1 heterocycles. The Morgan fingerprint density at radius 3 is 2.67 bits per heavy atom. The van der Waals surface area contributed by atoms with Gasteiger partial charge in [0.1, 0.15) is 0 Å². The first-order chi connectivity index (χ1) is 11.4. The molecule has 0 saturated carbocycles. The van der Waals surface area contributed by atoms with Crippen LogP contribution in [0.3, 0.4) is 0 Å². The summed E-state index contributed by atoms with van der Waals surface area (Å²) in [5.74, 6) is -0.0538. The minimum atomic E-state index is -0.764. The van der Waals surface area contributed by atoms with Gasteiger partial charge in [0.15, 0.2) is 0 Å². The Morgan fingerprint density at radius 2 is 2.04 bits per heavy atom. The van der Waals surface area contributed by atoms with Gasteiger partial charge in [0.05, 0.1) is 5.54 Å². The van der Waals surface area contributed by atoms with Crippen molar-refractivity contribution in [1.29, 1.82) is 0 Å². The molecule has 3 N–H and O–H groups in total. The Bertz CT molecular complexity index is 542. The van der Waals surface area contributed by atoms with E-state index >= 15 is 0 Å². The maximum absolute atomic E-state index is 12.1. The van der Waals surface area contributed by atoms with E-state index in [0.717, 1.165) is 44.2 Å². The van der Waals surface area contributed by atoms with Crippen LogP contribution < -0.4 is 16.0 Å². The van der Waals surface area contributed by atoms with Gasteiger partial charge in [-0.25, -0.2) is 0 Å². The summed E-state index contributed by atoms with van der Waals surface area (Å²) in [6, 6.07) is 7.98. The van der Waals surface area contributed by atoms with Gasteiger partial charge in [-0.3, -0.25) is 9.69 Å². The minimum Gasteiger partial charge on any atom is -0.369 e. The second-order valence-corrected chi connectivity index (χ2v) is 7.17. The fourth-order valence-electron chi connectivity index (χ4n) is 3.06. The van der Waals surface area contributed by atoms with Gasteiger partial charge < -0.3 is 16.0 Å². The highest BCUT2D eigenvalue weighted by Gasteiger charge is 2.26. The predicted octanol–water partition coefficient (Wildman–Crippen LogP) is 2.10. The lowest BCUT2D eigenvalue weighted by Crippen LogP contribution is -2.53. The highest BCUT2D eigenvalue weighted by atomic mass is 35.5. The van der Waals surface area contributed by atoms with Gasteiger partial charge >= 0.3 is 0 Å². The molecule has 6 heteroatoms. The normalized spacial score (nSPS) is 18.2. The van der Waals surface area contributed by atoms with E-state index in [0.29, 0.717) is 13.0 Å². The maximum atomic E-state index is 12.1. The number of rotatable bonds is 7. The molecule has 1 aliphatic heterocycles. The molecule has 1 aromatic rings. The van der Waals surface area contributed by atoms with Gasteiger partial charge in [0.25, 0.3) is 0 Å². The van der Waals surface area contributed by atoms with Crippen LogP contribution in [0.5, 0.6) is 0 Å². The first kappa shape index (κ1) is 19.0. The fraction of sp³-hybridized carbons (Fsp3) is 0.611. The average molecular weight is 353 g/mol. The lowest BCUT2D eigenvalue weighted by atomic mass is 9.96. The number of piperazine rings is 1. The van der Waals surface area contributed by atoms with Crippen molar-refractivity contribution in [3.8, 4) is 0 Å². The van der Waals surface area contributed by atoms with Crippen LogP contribution in [-0.4, -0.2) is 55.6 Å². The van der Waals surface area contributed by atoms with E-state index in [4.69, 9.17) is 17.3 Å². The molecule has 0 radical (unpaired) electrons. The topological polar surface area (TPSA) is 61.6 Å². The molecule has 1 aromatic carbocycles. The number of nitrogens with one attached hydrogen (secondary N) is 1. The molecule has 5 nitrogen and oxygen atoms in total. The van der Waals surface area contributed by atoms with Gasteiger partial charge in [-0.2, -0.15) is 0 Å². The molecular formula is C18H29ClN4O. The van der Waals surface area contributed by atoms with E-state index in [1.165, 1.54) is 5.69 Å². The van der Waals surface area contributed by atoms with E-state index in [9.17, 15) is 4.79 Å². The van der Waals surface area contributed by atoms with Crippen molar-refractivity contribution in [3.05, 3.63) is 29.3 Å². The van der Waals surface area contributed by atoms with E-state index in [2.05, 4.69) is 21.2 Å². The molecule has 24 heavy (non-hydrogen) atoms. The third kappa shape index (κ3) is 5.36. The predicted molar refractivity (Wildman–Crippen MR) is 101 cm³/mol. The second-order valence-electron chi connectivity index (χ2n) is 6.73. The summed E-state index contributed by atoms with van der Waals surface area (Å²) in [5, 5.41) is 3.74. The van der Waals surface area contributed by atoms with Crippen molar-refractivity contribution in [2.24, 2.45) is 5.73 Å². The number of anilines is 1. The van der Waals surface area contributed by atoms with Crippen LogP contribution in [0.4, 0.5) is 5.69 Å². The molecule has 1 unspecified atom stereocenters. The molecule has 2 rings (SSSR count). The molecule has 0 spiro atoms. The molecule has 1 amide bonds. The number of halogens is 1. The Morgan fingerprint density at radius 1 is 1.33 bits per heavy atom. The largest absolute Gasteiger partial charge is 0.369 e. The number of hydrogen-bond acceptors (Lipinski definition) is 4. The van der Waals surface area contributed by atoms with Crippen molar-refractivity contribution in [2.75, 3.05) is 44.2 Å². The zero-order valence-electron chi connectivity index (χ0n) is 14.7. The van der Waals surface area contributed by atoms with Gasteiger partial charge in [-0.15, -0.1) is 0 Å². The summed E-state index contributed by atoms with van der Waals surface area (Å²) >= 11 is 6.06. The summed E-state index contributed by atoms with van der Waals surface area (Å²) in [6.45, 7) is 9.25. The van der Waals surface area contributed by atoms with Crippen LogP contribution in [0.25, 0.3) is 0 Å². The second kappa shape index (κ2) is 8.70. The number of carbonyl (C=O) groups is 1. The summed E-state index contributed by atoms with van der Waals surface area (Å²) in [6.07, 6.45) is 1.61.